The van der Waals surface area contributed by atoms with Crippen molar-refractivity contribution in [1.82, 2.24) is 14.9 Å². The number of aryl methyl sites for hydroxylation is 1. The van der Waals surface area contributed by atoms with Crippen molar-refractivity contribution < 1.29 is 9.53 Å². The van der Waals surface area contributed by atoms with E-state index in [1.165, 1.54) is 0 Å². The quantitative estimate of drug-likeness (QED) is 0.844. The second-order valence-electron chi connectivity index (χ2n) is 6.78. The molecule has 28 heavy (non-hydrogen) atoms. The number of hydrogen-bond donors (Lipinski definition) is 1. The van der Waals surface area contributed by atoms with E-state index in [2.05, 4.69) is 20.2 Å². The molecule has 1 aromatic heterocycles. The minimum absolute atomic E-state index is 0.145. The molecule has 2 amide bonds. The normalized spacial score (nSPS) is 14.0. The van der Waals surface area contributed by atoms with E-state index < -0.39 is 0 Å². The van der Waals surface area contributed by atoms with E-state index in [1.54, 1.807) is 30.2 Å². The summed E-state index contributed by atoms with van der Waals surface area (Å²) in [5.41, 5.74) is 0.639. The molecule has 0 atom stereocenters. The zero-order chi connectivity index (χ0) is 20.3. The number of anilines is 3. The lowest BCUT2D eigenvalue weighted by Gasteiger charge is -2.35. The molecule has 0 saturated carbocycles. The molecule has 1 saturated heterocycles. The summed E-state index contributed by atoms with van der Waals surface area (Å²) < 4.78 is 5.13. The summed E-state index contributed by atoms with van der Waals surface area (Å²) in [6.07, 6.45) is 0. The molecule has 1 aliphatic rings. The lowest BCUT2D eigenvalue weighted by atomic mass is 10.3. The molecule has 2 aromatic rings. The number of nitrogens with zero attached hydrogens (tertiary/aromatic N) is 5. The van der Waals surface area contributed by atoms with Gasteiger partial charge in [0.2, 0.25) is 0 Å². The molecule has 3 rings (SSSR count). The fourth-order valence-corrected chi connectivity index (χ4v) is 3.27. The molecule has 1 fully saturated rings. The highest BCUT2D eigenvalue weighted by Crippen LogP contribution is 2.27. The van der Waals surface area contributed by atoms with E-state index in [1.807, 2.05) is 32.0 Å². The summed E-state index contributed by atoms with van der Waals surface area (Å²) in [6, 6.07) is 7.01. The summed E-state index contributed by atoms with van der Waals surface area (Å²) in [4.78, 5) is 27.5. The molecule has 1 aromatic carbocycles. The molecule has 8 nitrogen and oxygen atoms in total. The predicted octanol–water partition coefficient (Wildman–Crippen LogP) is 2.87. The van der Waals surface area contributed by atoms with Crippen molar-refractivity contribution in [2.75, 3.05) is 62.5 Å². The maximum atomic E-state index is 12.6. The van der Waals surface area contributed by atoms with Crippen LogP contribution in [0.1, 0.15) is 5.82 Å². The van der Waals surface area contributed by atoms with Crippen LogP contribution in [0.2, 0.25) is 5.02 Å². The van der Waals surface area contributed by atoms with Crippen LogP contribution in [0, 0.1) is 6.92 Å². The Bertz CT molecular complexity index is 852. The van der Waals surface area contributed by atoms with Gasteiger partial charge in [-0.2, -0.15) is 0 Å². The van der Waals surface area contributed by atoms with Gasteiger partial charge in [0.15, 0.2) is 0 Å². The average molecular weight is 405 g/mol. The third kappa shape index (κ3) is 4.56. The molecule has 9 heteroatoms. The van der Waals surface area contributed by atoms with Crippen LogP contribution < -0.4 is 19.9 Å². The lowest BCUT2D eigenvalue weighted by molar-refractivity contribution is 0.208. The molecular weight excluding hydrogens is 380 g/mol. The minimum Gasteiger partial charge on any atom is -0.495 e. The van der Waals surface area contributed by atoms with Crippen LogP contribution in [0.3, 0.4) is 0 Å². The lowest BCUT2D eigenvalue weighted by Crippen LogP contribution is -2.50. The third-order valence-electron chi connectivity index (χ3n) is 4.56. The first kappa shape index (κ1) is 20.0. The fraction of sp³-hybridized carbons (Fsp3) is 0.421. The van der Waals surface area contributed by atoms with Crippen LogP contribution >= 0.6 is 11.6 Å². The van der Waals surface area contributed by atoms with Gasteiger partial charge in [0.1, 0.15) is 23.2 Å². The number of methoxy groups -OCH3 is 1. The van der Waals surface area contributed by atoms with Crippen LogP contribution in [0.25, 0.3) is 0 Å². The van der Waals surface area contributed by atoms with E-state index >= 15 is 0 Å². The van der Waals surface area contributed by atoms with Gasteiger partial charge in [-0.15, -0.1) is 0 Å². The number of halogens is 1. The minimum atomic E-state index is -0.145. The maximum absolute atomic E-state index is 12.6. The number of nitrogens with one attached hydrogen (secondary N) is 1. The molecule has 2 heterocycles. The highest BCUT2D eigenvalue weighted by Gasteiger charge is 2.23. The smallest absolute Gasteiger partial charge is 0.321 e. The first-order chi connectivity index (χ1) is 13.4. The Labute approximate surface area is 170 Å². The number of urea groups is 1. The molecular formula is C19H25ClN6O2. The Kier molecular flexibility index (Phi) is 6.08. The summed E-state index contributed by atoms with van der Waals surface area (Å²) in [5, 5.41) is 3.35. The first-order valence-electron chi connectivity index (χ1n) is 9.05. The van der Waals surface area contributed by atoms with Gasteiger partial charge in [0.05, 0.1) is 12.1 Å². The van der Waals surface area contributed by atoms with Crippen molar-refractivity contribution in [3.05, 3.63) is 35.1 Å². The number of carbonyl (C=O) groups excluding carboxylic acids is 1. The number of carbonyl (C=O) groups is 1. The zero-order valence-electron chi connectivity index (χ0n) is 16.6. The van der Waals surface area contributed by atoms with Crippen molar-refractivity contribution in [2.24, 2.45) is 0 Å². The molecule has 150 valence electrons. The Morgan fingerprint density at radius 3 is 2.50 bits per heavy atom. The largest absolute Gasteiger partial charge is 0.495 e. The summed E-state index contributed by atoms with van der Waals surface area (Å²) in [6.45, 7) is 4.52. The molecule has 0 aliphatic carbocycles. The Hall–Kier alpha value is -2.74. The summed E-state index contributed by atoms with van der Waals surface area (Å²) in [7, 11) is 5.47. The van der Waals surface area contributed by atoms with Gasteiger partial charge in [0, 0.05) is 52.0 Å². The predicted molar refractivity (Wildman–Crippen MR) is 112 cm³/mol. The van der Waals surface area contributed by atoms with Crippen LogP contribution in [0.15, 0.2) is 24.3 Å². The Morgan fingerprint density at radius 2 is 1.89 bits per heavy atom. The number of benzene rings is 1. The Balaban J connectivity index is 1.60. The number of hydrogen-bond acceptors (Lipinski definition) is 6. The Morgan fingerprint density at radius 1 is 1.18 bits per heavy atom. The topological polar surface area (TPSA) is 73.8 Å². The van der Waals surface area contributed by atoms with Crippen molar-refractivity contribution in [2.45, 2.75) is 6.92 Å². The number of rotatable bonds is 4. The second-order valence-corrected chi connectivity index (χ2v) is 7.19. The van der Waals surface area contributed by atoms with Crippen LogP contribution in [-0.2, 0) is 0 Å². The van der Waals surface area contributed by atoms with Gasteiger partial charge >= 0.3 is 6.03 Å². The van der Waals surface area contributed by atoms with E-state index in [9.17, 15) is 4.79 Å². The van der Waals surface area contributed by atoms with E-state index in [0.717, 1.165) is 17.5 Å². The van der Waals surface area contributed by atoms with E-state index in [4.69, 9.17) is 16.3 Å². The van der Waals surface area contributed by atoms with Crippen molar-refractivity contribution in [3.63, 3.8) is 0 Å². The number of ether oxygens (including phenoxy) is 1. The van der Waals surface area contributed by atoms with Crippen molar-refractivity contribution in [3.8, 4) is 5.75 Å². The standard InChI is InChI=1S/C19H25ClN6O2/c1-13-21-17(24(2)3)12-18(22-13)25-7-9-26(10-8-25)19(27)23-14-5-6-16(28-4)15(20)11-14/h5-6,11-12H,7-10H2,1-4H3,(H,23,27). The first-order valence-corrected chi connectivity index (χ1v) is 9.42. The number of amides is 2. The van der Waals surface area contributed by atoms with Crippen LogP contribution in [0.5, 0.6) is 5.75 Å². The fourth-order valence-electron chi connectivity index (χ4n) is 3.01. The second kappa shape index (κ2) is 8.52. The SMILES string of the molecule is COc1ccc(NC(=O)N2CCN(c3cc(N(C)C)nc(C)n3)CC2)cc1Cl. The van der Waals surface area contributed by atoms with Gasteiger partial charge < -0.3 is 24.8 Å². The van der Waals surface area contributed by atoms with Crippen LogP contribution in [-0.4, -0.2) is 68.3 Å². The zero-order valence-corrected chi connectivity index (χ0v) is 17.3. The van der Waals surface area contributed by atoms with Gasteiger partial charge in [-0.3, -0.25) is 0 Å². The van der Waals surface area contributed by atoms with E-state index in [0.29, 0.717) is 42.6 Å². The van der Waals surface area contributed by atoms with Crippen molar-refractivity contribution in [1.29, 1.82) is 0 Å². The number of aromatic nitrogens is 2. The number of piperazine rings is 1. The molecule has 0 radical (unpaired) electrons. The molecule has 0 bridgehead atoms. The highest BCUT2D eigenvalue weighted by molar-refractivity contribution is 6.32. The van der Waals surface area contributed by atoms with Crippen molar-refractivity contribution >= 4 is 35.0 Å². The van der Waals surface area contributed by atoms with Gasteiger partial charge in [0.25, 0.3) is 0 Å². The average Bonchev–Trinajstić information content (AvgIpc) is 2.67. The van der Waals surface area contributed by atoms with Crippen LogP contribution in [0.4, 0.5) is 22.1 Å². The summed E-state index contributed by atoms with van der Waals surface area (Å²) in [5.74, 6) is 3.07. The van der Waals surface area contributed by atoms with E-state index in [-0.39, 0.29) is 6.03 Å². The monoisotopic (exact) mass is 404 g/mol. The summed E-state index contributed by atoms with van der Waals surface area (Å²) >= 11 is 6.12. The van der Waals surface area contributed by atoms with Gasteiger partial charge in [-0.1, -0.05) is 11.6 Å². The highest BCUT2D eigenvalue weighted by atomic mass is 35.5. The third-order valence-corrected chi connectivity index (χ3v) is 4.86. The molecule has 1 aliphatic heterocycles. The molecule has 1 N–H and O–H groups in total. The maximum Gasteiger partial charge on any atom is 0.321 e. The van der Waals surface area contributed by atoms with Gasteiger partial charge in [-0.25, -0.2) is 14.8 Å². The molecule has 0 unspecified atom stereocenters. The molecule has 0 spiro atoms. The van der Waals surface area contributed by atoms with Gasteiger partial charge in [-0.05, 0) is 25.1 Å².